The zero-order chi connectivity index (χ0) is 55.5. The molecule has 2 aliphatic carbocycles. The Hall–Kier alpha value is -3.86. The number of aliphatic hydroxyl groups excluding tert-OH is 1. The van der Waals surface area contributed by atoms with Crippen molar-refractivity contribution in [3.8, 4) is 0 Å². The molecule has 5 amide bonds. The molecule has 424 valence electrons. The van der Waals surface area contributed by atoms with Crippen LogP contribution in [0.5, 0.6) is 0 Å². The number of hydrogen-bond acceptors (Lipinski definition) is 11. The highest BCUT2D eigenvalue weighted by Gasteiger charge is 2.45. The Labute approximate surface area is 454 Å². The van der Waals surface area contributed by atoms with E-state index in [4.69, 9.17) is 9.47 Å². The van der Waals surface area contributed by atoms with Gasteiger partial charge < -0.3 is 39.9 Å². The largest absolute Gasteiger partial charge is 0.386 e. The van der Waals surface area contributed by atoms with Crippen molar-refractivity contribution in [3.63, 3.8) is 0 Å². The number of amides is 5. The normalized spacial score (nSPS) is 22.5. The smallest absolute Gasteiger partial charge is 0.245 e. The Morgan fingerprint density at radius 2 is 1.43 bits per heavy atom. The molecule has 3 N–H and O–H groups in total. The monoisotopic (exact) mass is 1070 g/mol. The predicted molar refractivity (Wildman–Crippen MR) is 297 cm³/mol. The SMILES string of the molecule is CC[C@H](C)[C@@H]([C@@H](CC(=O)N1CCC[C@H]1[C@H](OC)[C@@H](C)C(=O)N[C@H](C)[C@@H](O)c1ccccc1)OC)N(C)C(=O)[C@@H](NC(=O)[C@H](C(C)C)N(C)C(=O)CCCCCC1C(=O)CC(SC2CCCCCCCC2)C1=O)C(C)C. The average Bonchev–Trinajstić information content (AvgIpc) is 4.01. The van der Waals surface area contributed by atoms with E-state index in [9.17, 15) is 38.7 Å². The second-order valence-corrected chi connectivity index (χ2v) is 24.3. The van der Waals surface area contributed by atoms with Crippen LogP contribution in [0.25, 0.3) is 0 Å². The van der Waals surface area contributed by atoms with Crippen LogP contribution in [0, 0.1) is 29.6 Å². The first-order valence-corrected chi connectivity index (χ1v) is 29.6. The maximum absolute atomic E-state index is 14.7. The molecule has 1 aliphatic heterocycles. The zero-order valence-corrected chi connectivity index (χ0v) is 48.7. The molecule has 4 rings (SSSR count). The van der Waals surface area contributed by atoms with Crippen molar-refractivity contribution in [1.82, 2.24) is 25.3 Å². The van der Waals surface area contributed by atoms with Gasteiger partial charge in [0.1, 0.15) is 17.9 Å². The lowest BCUT2D eigenvalue weighted by atomic mass is 9.89. The van der Waals surface area contributed by atoms with Crippen LogP contribution >= 0.6 is 11.8 Å². The van der Waals surface area contributed by atoms with E-state index in [0.717, 1.165) is 19.3 Å². The highest BCUT2D eigenvalue weighted by atomic mass is 32.2. The number of Topliss-reactive ketones (excluding diaryl/α,β-unsaturated/α-hetero) is 2. The van der Waals surface area contributed by atoms with Crippen LogP contribution in [0.4, 0.5) is 0 Å². The van der Waals surface area contributed by atoms with Crippen LogP contribution in [-0.2, 0) is 43.0 Å². The number of likely N-dealkylation sites (tertiary alicyclic amines) is 1. The van der Waals surface area contributed by atoms with E-state index < -0.39 is 66.3 Å². The summed E-state index contributed by atoms with van der Waals surface area (Å²) < 4.78 is 12.1. The Kier molecular flexibility index (Phi) is 26.8. The van der Waals surface area contributed by atoms with Gasteiger partial charge in [0.15, 0.2) is 5.78 Å². The summed E-state index contributed by atoms with van der Waals surface area (Å²) in [6.45, 7) is 15.5. The molecule has 2 saturated carbocycles. The minimum atomic E-state index is -0.943. The molecule has 0 bridgehead atoms. The van der Waals surface area contributed by atoms with Gasteiger partial charge in [0.25, 0.3) is 0 Å². The minimum absolute atomic E-state index is 0.0329. The average molecular weight is 1070 g/mol. The van der Waals surface area contributed by atoms with Gasteiger partial charge in [0, 0.05) is 53.0 Å². The molecule has 0 spiro atoms. The van der Waals surface area contributed by atoms with Crippen molar-refractivity contribution in [1.29, 1.82) is 0 Å². The molecule has 1 heterocycles. The lowest BCUT2D eigenvalue weighted by Gasteiger charge is -2.41. The lowest BCUT2D eigenvalue weighted by molar-refractivity contribution is -0.148. The number of likely N-dealkylation sites (N-methyl/N-ethyl adjacent to an activating group) is 2. The van der Waals surface area contributed by atoms with Crippen molar-refractivity contribution in [3.05, 3.63) is 35.9 Å². The Bertz CT molecular complexity index is 1980. The maximum atomic E-state index is 14.7. The number of aliphatic hydroxyl groups is 1. The molecule has 0 aromatic heterocycles. The molecule has 3 fully saturated rings. The van der Waals surface area contributed by atoms with E-state index in [2.05, 4.69) is 10.6 Å². The lowest BCUT2D eigenvalue weighted by Crippen LogP contribution is -2.60. The van der Waals surface area contributed by atoms with Crippen molar-refractivity contribution in [2.75, 3.05) is 34.9 Å². The van der Waals surface area contributed by atoms with Gasteiger partial charge >= 0.3 is 0 Å². The molecule has 1 aromatic rings. The van der Waals surface area contributed by atoms with E-state index in [1.807, 2.05) is 71.9 Å². The number of benzene rings is 1. The molecular formula is C59H97N5O10S. The highest BCUT2D eigenvalue weighted by Crippen LogP contribution is 2.38. The van der Waals surface area contributed by atoms with Crippen molar-refractivity contribution in [2.24, 2.45) is 29.6 Å². The third-order valence-corrected chi connectivity index (χ3v) is 18.2. The van der Waals surface area contributed by atoms with E-state index in [1.54, 1.807) is 56.6 Å². The second-order valence-electron chi connectivity index (χ2n) is 22.8. The summed E-state index contributed by atoms with van der Waals surface area (Å²) in [7, 11) is 6.40. The van der Waals surface area contributed by atoms with E-state index in [1.165, 1.54) is 50.5 Å². The molecule has 0 radical (unpaired) electrons. The highest BCUT2D eigenvalue weighted by molar-refractivity contribution is 8.01. The summed E-state index contributed by atoms with van der Waals surface area (Å²) in [5, 5.41) is 17.1. The summed E-state index contributed by atoms with van der Waals surface area (Å²) in [6, 6.07) is 5.85. The first-order chi connectivity index (χ1) is 35.7. The molecular weight excluding hydrogens is 971 g/mol. The topological polar surface area (TPSA) is 192 Å². The Balaban J connectivity index is 1.34. The third-order valence-electron chi connectivity index (χ3n) is 16.7. The number of nitrogens with zero attached hydrogens (tertiary/aromatic N) is 3. The quantitative estimate of drug-likeness (QED) is 0.0539. The summed E-state index contributed by atoms with van der Waals surface area (Å²) in [5.74, 6) is -3.18. The number of methoxy groups -OCH3 is 2. The van der Waals surface area contributed by atoms with Gasteiger partial charge in [-0.1, -0.05) is 137 Å². The fourth-order valence-electron chi connectivity index (χ4n) is 11.9. The molecule has 75 heavy (non-hydrogen) atoms. The van der Waals surface area contributed by atoms with Crippen molar-refractivity contribution >= 4 is 52.9 Å². The standard InChI is InChI=1S/C59H97N5O10S/c1-13-39(6)53(47(73-11)36-50(67)64-34-26-32-45(64)56(74-12)40(7)57(70)60-41(8)54(68)42-27-20-18-21-28-42)63(10)59(72)51(37(2)3)61-58(71)52(38(4)5)62(9)49(66)33-25-19-24-31-44-46(65)35-48(55(44)69)75-43-29-22-16-14-15-17-23-30-43/h18,20-21,27-28,37-41,43-45,47-48,51-54,56,68H,13-17,19,22-26,29-36H2,1-12H3,(H,60,70)(H,61,71)/t39-,40+,41+,44?,45-,47+,48?,51-,52-,53-,54+,56+/m0/s1. The van der Waals surface area contributed by atoms with Crippen LogP contribution < -0.4 is 10.6 Å². The first-order valence-electron chi connectivity index (χ1n) is 28.6. The molecule has 15 nitrogen and oxygen atoms in total. The van der Waals surface area contributed by atoms with Gasteiger partial charge in [-0.05, 0) is 68.8 Å². The Morgan fingerprint density at radius 3 is 2.01 bits per heavy atom. The fraction of sp³-hybridized carbons (Fsp3) is 0.780. The number of unbranched alkanes of at least 4 members (excludes halogenated alkanes) is 2. The number of ketones is 2. The van der Waals surface area contributed by atoms with Gasteiger partial charge in [0.2, 0.25) is 29.5 Å². The molecule has 1 aromatic carbocycles. The van der Waals surface area contributed by atoms with Crippen molar-refractivity contribution in [2.45, 2.75) is 230 Å². The summed E-state index contributed by atoms with van der Waals surface area (Å²) in [4.78, 5) is 102. The molecule has 12 atom stereocenters. The fourth-order valence-corrected chi connectivity index (χ4v) is 13.5. The second kappa shape index (κ2) is 31.5. The number of carbonyl (C=O) groups is 7. The van der Waals surface area contributed by atoms with Gasteiger partial charge in [-0.15, -0.1) is 11.8 Å². The number of ether oxygens (including phenoxy) is 2. The van der Waals surface area contributed by atoms with Crippen LogP contribution in [-0.4, -0.2) is 149 Å². The van der Waals surface area contributed by atoms with Gasteiger partial charge in [0.05, 0.1) is 59.9 Å². The van der Waals surface area contributed by atoms with Crippen LogP contribution in [0.3, 0.4) is 0 Å². The number of thioether (sulfide) groups is 1. The third kappa shape index (κ3) is 17.8. The number of carbonyl (C=O) groups excluding carboxylic acids is 7. The van der Waals surface area contributed by atoms with Gasteiger partial charge in [-0.25, -0.2) is 0 Å². The Morgan fingerprint density at radius 1 is 0.787 bits per heavy atom. The first kappa shape index (κ1) is 63.7. The maximum Gasteiger partial charge on any atom is 0.245 e. The summed E-state index contributed by atoms with van der Waals surface area (Å²) in [5.41, 5.74) is 0.692. The predicted octanol–water partition coefficient (Wildman–Crippen LogP) is 8.48. The van der Waals surface area contributed by atoms with E-state index in [0.29, 0.717) is 62.3 Å². The molecule has 16 heteroatoms. The number of nitrogens with one attached hydrogen (secondary N) is 2. The van der Waals surface area contributed by atoms with Crippen LogP contribution in [0.1, 0.15) is 183 Å². The number of hydrogen-bond donors (Lipinski definition) is 3. The molecule has 2 unspecified atom stereocenters. The van der Waals surface area contributed by atoms with E-state index in [-0.39, 0.29) is 71.0 Å². The van der Waals surface area contributed by atoms with Crippen LogP contribution in [0.2, 0.25) is 0 Å². The minimum Gasteiger partial charge on any atom is -0.386 e. The van der Waals surface area contributed by atoms with Gasteiger partial charge in [-0.3, -0.25) is 33.6 Å². The molecule has 1 saturated heterocycles. The number of rotatable bonds is 28. The summed E-state index contributed by atoms with van der Waals surface area (Å²) >= 11 is 1.75. The van der Waals surface area contributed by atoms with Crippen molar-refractivity contribution < 1.29 is 48.1 Å². The van der Waals surface area contributed by atoms with E-state index >= 15 is 0 Å². The zero-order valence-electron chi connectivity index (χ0n) is 47.9. The molecule has 3 aliphatic rings. The van der Waals surface area contributed by atoms with Gasteiger partial charge in [-0.2, -0.15) is 0 Å². The van der Waals surface area contributed by atoms with Crippen LogP contribution in [0.15, 0.2) is 30.3 Å². The summed E-state index contributed by atoms with van der Waals surface area (Å²) in [6.07, 6.45) is 12.4.